The van der Waals surface area contributed by atoms with Crippen LogP contribution in [0.25, 0.3) is 0 Å². The summed E-state index contributed by atoms with van der Waals surface area (Å²) in [6, 6.07) is 0.631. The van der Waals surface area contributed by atoms with Crippen molar-refractivity contribution in [3.63, 3.8) is 0 Å². The van der Waals surface area contributed by atoms with Crippen LogP contribution in [-0.4, -0.2) is 24.5 Å². The first-order chi connectivity index (χ1) is 5.22. The second-order valence-electron chi connectivity index (χ2n) is 3.11. The first-order valence-corrected chi connectivity index (χ1v) is 4.36. The van der Waals surface area contributed by atoms with Crippen LogP contribution in [0.4, 0.5) is 0 Å². The van der Waals surface area contributed by atoms with Gasteiger partial charge in [-0.3, -0.25) is 4.90 Å². The molecule has 0 aromatic carbocycles. The minimum absolute atomic E-state index is 0.631. The Morgan fingerprint density at radius 3 is 2.64 bits per heavy atom. The molecule has 0 saturated carbocycles. The summed E-state index contributed by atoms with van der Waals surface area (Å²) in [5.41, 5.74) is 0. The lowest BCUT2D eigenvalue weighted by Gasteiger charge is -2.21. The van der Waals surface area contributed by atoms with Crippen molar-refractivity contribution in [1.82, 2.24) is 4.90 Å². The minimum atomic E-state index is 0.631. The normalized spacial score (nSPS) is 13.0. The van der Waals surface area contributed by atoms with E-state index in [2.05, 4.69) is 31.7 Å². The summed E-state index contributed by atoms with van der Waals surface area (Å²) in [5.74, 6) is 2.65. The van der Waals surface area contributed by atoms with Gasteiger partial charge in [0, 0.05) is 6.04 Å². The average Bonchev–Trinajstić information content (AvgIpc) is 2.00. The summed E-state index contributed by atoms with van der Waals surface area (Å²) in [5, 5.41) is 0. The molecule has 0 rings (SSSR count). The molecule has 11 heavy (non-hydrogen) atoms. The molecule has 0 N–H and O–H groups in total. The summed E-state index contributed by atoms with van der Waals surface area (Å²) in [6.07, 6.45) is 9.04. The van der Waals surface area contributed by atoms with E-state index in [1.54, 1.807) is 0 Å². The topological polar surface area (TPSA) is 3.24 Å². The smallest absolute Gasteiger partial charge is 0.0598 e. The molecule has 1 heteroatoms. The minimum Gasteiger partial charge on any atom is -0.293 e. The van der Waals surface area contributed by atoms with Crippen LogP contribution in [0.15, 0.2) is 0 Å². The highest BCUT2D eigenvalue weighted by Gasteiger charge is 2.05. The van der Waals surface area contributed by atoms with E-state index in [4.69, 9.17) is 6.42 Å². The molecule has 0 bridgehead atoms. The van der Waals surface area contributed by atoms with E-state index in [9.17, 15) is 0 Å². The van der Waals surface area contributed by atoms with Crippen LogP contribution >= 0.6 is 0 Å². The van der Waals surface area contributed by atoms with Gasteiger partial charge in [0.2, 0.25) is 0 Å². The van der Waals surface area contributed by atoms with Crippen molar-refractivity contribution >= 4 is 0 Å². The molecule has 0 aliphatic rings. The van der Waals surface area contributed by atoms with Crippen LogP contribution in [0.5, 0.6) is 0 Å². The number of hydrogen-bond donors (Lipinski definition) is 0. The molecule has 1 atom stereocenters. The van der Waals surface area contributed by atoms with Gasteiger partial charge in [0.05, 0.1) is 6.54 Å². The average molecular weight is 153 g/mol. The fraction of sp³-hybridized carbons (Fsp3) is 0.800. The molecule has 0 aromatic rings. The summed E-state index contributed by atoms with van der Waals surface area (Å²) >= 11 is 0. The maximum Gasteiger partial charge on any atom is 0.0598 e. The molecular formula is C10H19N. The van der Waals surface area contributed by atoms with Crippen LogP contribution in [0.3, 0.4) is 0 Å². The summed E-state index contributed by atoms with van der Waals surface area (Å²) in [6.45, 7) is 5.21. The second kappa shape index (κ2) is 6.24. The lowest BCUT2D eigenvalue weighted by Crippen LogP contribution is -2.29. The Balaban J connectivity index is 3.48. The third-order valence-electron chi connectivity index (χ3n) is 2.07. The molecule has 0 aliphatic carbocycles. The van der Waals surface area contributed by atoms with Crippen LogP contribution in [0, 0.1) is 12.3 Å². The van der Waals surface area contributed by atoms with E-state index in [0.717, 1.165) is 6.54 Å². The monoisotopic (exact) mass is 153 g/mol. The van der Waals surface area contributed by atoms with Crippen LogP contribution < -0.4 is 0 Å². The van der Waals surface area contributed by atoms with Gasteiger partial charge in [0.15, 0.2) is 0 Å². The molecule has 0 radical (unpaired) electrons. The predicted octanol–water partition coefficient (Wildman–Crippen LogP) is 2.13. The molecule has 0 heterocycles. The third-order valence-corrected chi connectivity index (χ3v) is 2.07. The van der Waals surface area contributed by atoms with Crippen molar-refractivity contribution in [3.05, 3.63) is 0 Å². The standard InChI is InChI=1S/C10H19N/c1-5-7-8-10(3)11(4)9-6-2/h2,10H,5,7-9H2,1,3-4H3/t10-/m1/s1. The first kappa shape index (κ1) is 10.5. The molecule has 0 spiro atoms. The molecule has 0 amide bonds. The Morgan fingerprint density at radius 2 is 2.18 bits per heavy atom. The van der Waals surface area contributed by atoms with Gasteiger partial charge >= 0.3 is 0 Å². The highest BCUT2D eigenvalue weighted by molar-refractivity contribution is 4.88. The van der Waals surface area contributed by atoms with Crippen LogP contribution in [-0.2, 0) is 0 Å². The molecule has 0 aromatic heterocycles. The summed E-state index contributed by atoms with van der Waals surface area (Å²) < 4.78 is 0. The molecule has 1 nitrogen and oxygen atoms in total. The SMILES string of the molecule is C#CCN(C)[C@H](C)CCCC. The van der Waals surface area contributed by atoms with E-state index >= 15 is 0 Å². The lowest BCUT2D eigenvalue weighted by molar-refractivity contribution is 0.270. The van der Waals surface area contributed by atoms with Gasteiger partial charge in [-0.1, -0.05) is 25.7 Å². The van der Waals surface area contributed by atoms with Crippen molar-refractivity contribution in [2.24, 2.45) is 0 Å². The van der Waals surface area contributed by atoms with E-state index in [-0.39, 0.29) is 0 Å². The van der Waals surface area contributed by atoms with E-state index in [1.165, 1.54) is 19.3 Å². The van der Waals surface area contributed by atoms with Gasteiger partial charge in [-0.05, 0) is 20.4 Å². The molecular weight excluding hydrogens is 134 g/mol. The zero-order valence-electron chi connectivity index (χ0n) is 7.93. The van der Waals surface area contributed by atoms with E-state index < -0.39 is 0 Å². The van der Waals surface area contributed by atoms with Crippen LogP contribution in [0.1, 0.15) is 33.1 Å². The Kier molecular flexibility index (Phi) is 5.97. The number of terminal acetylenes is 1. The number of nitrogens with zero attached hydrogens (tertiary/aromatic N) is 1. The summed E-state index contributed by atoms with van der Waals surface area (Å²) in [7, 11) is 2.08. The Labute approximate surface area is 70.8 Å². The van der Waals surface area contributed by atoms with E-state index in [1.807, 2.05) is 0 Å². The highest BCUT2D eigenvalue weighted by atomic mass is 15.1. The third kappa shape index (κ3) is 4.86. The van der Waals surface area contributed by atoms with Gasteiger partial charge in [0.25, 0.3) is 0 Å². The Bertz CT molecular complexity index is 123. The van der Waals surface area contributed by atoms with Gasteiger partial charge in [-0.25, -0.2) is 0 Å². The number of unbranched alkanes of at least 4 members (excludes halogenated alkanes) is 1. The van der Waals surface area contributed by atoms with Crippen molar-refractivity contribution in [2.75, 3.05) is 13.6 Å². The van der Waals surface area contributed by atoms with Gasteiger partial charge in [-0.15, -0.1) is 6.42 Å². The van der Waals surface area contributed by atoms with Gasteiger partial charge in [0.1, 0.15) is 0 Å². The molecule has 0 unspecified atom stereocenters. The maximum atomic E-state index is 5.20. The fourth-order valence-electron chi connectivity index (χ4n) is 1.02. The number of rotatable bonds is 5. The molecule has 0 saturated heterocycles. The van der Waals surface area contributed by atoms with Crippen molar-refractivity contribution in [2.45, 2.75) is 39.2 Å². The fourth-order valence-corrected chi connectivity index (χ4v) is 1.02. The van der Waals surface area contributed by atoms with E-state index in [0.29, 0.717) is 6.04 Å². The quantitative estimate of drug-likeness (QED) is 0.547. The zero-order chi connectivity index (χ0) is 8.69. The molecule has 0 fully saturated rings. The number of hydrogen-bond acceptors (Lipinski definition) is 1. The van der Waals surface area contributed by atoms with Crippen LogP contribution in [0.2, 0.25) is 0 Å². The Hall–Kier alpha value is -0.480. The van der Waals surface area contributed by atoms with Crippen molar-refractivity contribution in [1.29, 1.82) is 0 Å². The first-order valence-electron chi connectivity index (χ1n) is 4.36. The highest BCUT2D eigenvalue weighted by Crippen LogP contribution is 2.05. The van der Waals surface area contributed by atoms with Gasteiger partial charge < -0.3 is 0 Å². The molecule has 0 aliphatic heterocycles. The van der Waals surface area contributed by atoms with Crippen molar-refractivity contribution in [3.8, 4) is 12.3 Å². The van der Waals surface area contributed by atoms with Gasteiger partial charge in [-0.2, -0.15) is 0 Å². The van der Waals surface area contributed by atoms with Crippen molar-refractivity contribution < 1.29 is 0 Å². The largest absolute Gasteiger partial charge is 0.293 e. The lowest BCUT2D eigenvalue weighted by atomic mass is 10.1. The maximum absolute atomic E-state index is 5.20. The molecule has 64 valence electrons. The zero-order valence-corrected chi connectivity index (χ0v) is 7.93. The predicted molar refractivity (Wildman–Crippen MR) is 50.5 cm³/mol. The summed E-state index contributed by atoms with van der Waals surface area (Å²) in [4.78, 5) is 2.22. The Morgan fingerprint density at radius 1 is 1.55 bits per heavy atom. The second-order valence-corrected chi connectivity index (χ2v) is 3.11.